The zero-order valence-electron chi connectivity index (χ0n) is 15.9. The molecule has 1 saturated heterocycles. The number of anilines is 2. The van der Waals surface area contributed by atoms with Crippen molar-refractivity contribution in [1.82, 2.24) is 0 Å². The van der Waals surface area contributed by atoms with E-state index in [-0.39, 0.29) is 27.8 Å². The number of rotatable bonds is 6. The fourth-order valence-electron chi connectivity index (χ4n) is 2.99. The summed E-state index contributed by atoms with van der Waals surface area (Å²) in [6.07, 6.45) is 0. The number of methoxy groups -OCH3 is 2. The lowest BCUT2D eigenvalue weighted by Crippen LogP contribution is -2.30. The van der Waals surface area contributed by atoms with E-state index in [4.69, 9.17) is 9.47 Å². The summed E-state index contributed by atoms with van der Waals surface area (Å²) >= 11 is 0. The Morgan fingerprint density at radius 2 is 1.83 bits per heavy atom. The number of nitrogens with zero attached hydrogens (tertiary/aromatic N) is 1. The molecule has 11 heteroatoms. The Morgan fingerprint density at radius 3 is 2.41 bits per heavy atom. The molecule has 2 aromatic rings. The number of hydrogen-bond donors (Lipinski definition) is 1. The van der Waals surface area contributed by atoms with Crippen molar-refractivity contribution in [2.75, 3.05) is 29.0 Å². The quantitative estimate of drug-likeness (QED) is 0.728. The molecule has 1 N–H and O–H groups in total. The molecule has 1 atom stereocenters. The van der Waals surface area contributed by atoms with Crippen molar-refractivity contribution < 1.29 is 31.1 Å². The average molecular weight is 440 g/mol. The van der Waals surface area contributed by atoms with Gasteiger partial charge in [-0.2, -0.15) is 0 Å². The van der Waals surface area contributed by atoms with Gasteiger partial charge in [0, 0.05) is 6.07 Å². The Bertz CT molecular complexity index is 1160. The van der Waals surface area contributed by atoms with Gasteiger partial charge in [0.1, 0.15) is 16.4 Å². The highest BCUT2D eigenvalue weighted by atomic mass is 32.2. The highest BCUT2D eigenvalue weighted by Gasteiger charge is 2.42. The van der Waals surface area contributed by atoms with Gasteiger partial charge in [0.15, 0.2) is 0 Å². The number of carbonyl (C=O) groups excluding carboxylic acids is 1. The highest BCUT2D eigenvalue weighted by Crippen LogP contribution is 2.34. The van der Waals surface area contributed by atoms with E-state index in [1.807, 2.05) is 0 Å². The lowest BCUT2D eigenvalue weighted by atomic mass is 10.2. The van der Waals surface area contributed by atoms with E-state index in [9.17, 15) is 21.6 Å². The minimum Gasteiger partial charge on any atom is -0.497 e. The van der Waals surface area contributed by atoms with Gasteiger partial charge in [0.2, 0.25) is 15.9 Å². The fourth-order valence-corrected chi connectivity index (χ4v) is 6.04. The maximum absolute atomic E-state index is 13.0. The number of nitrogens with one attached hydrogen (secondary N) is 1. The minimum absolute atomic E-state index is 0.00115. The maximum atomic E-state index is 13.0. The molecule has 29 heavy (non-hydrogen) atoms. The van der Waals surface area contributed by atoms with Crippen molar-refractivity contribution in [2.45, 2.75) is 11.8 Å². The van der Waals surface area contributed by atoms with E-state index >= 15 is 0 Å². The van der Waals surface area contributed by atoms with E-state index in [0.717, 1.165) is 6.07 Å². The first kappa shape index (κ1) is 20.9. The Kier molecular flexibility index (Phi) is 5.46. The molecule has 1 fully saturated rings. The van der Waals surface area contributed by atoms with Crippen LogP contribution in [0, 0.1) is 5.92 Å². The fraction of sp³-hybridized carbons (Fsp3) is 0.278. The molecule has 3 rings (SSSR count). The monoisotopic (exact) mass is 440 g/mol. The predicted molar refractivity (Wildman–Crippen MR) is 107 cm³/mol. The van der Waals surface area contributed by atoms with E-state index in [0.29, 0.717) is 10.1 Å². The molecular formula is C18H20N2O7S2. The van der Waals surface area contributed by atoms with Crippen LogP contribution in [-0.4, -0.2) is 42.7 Å². The van der Waals surface area contributed by atoms with Gasteiger partial charge in [-0.25, -0.2) is 21.1 Å². The highest BCUT2D eigenvalue weighted by molar-refractivity contribution is 7.94. The second kappa shape index (κ2) is 7.56. The third-order valence-electron chi connectivity index (χ3n) is 4.35. The normalized spacial score (nSPS) is 18.5. The van der Waals surface area contributed by atoms with Gasteiger partial charge in [-0.1, -0.05) is 13.0 Å². The second-order valence-electron chi connectivity index (χ2n) is 6.45. The summed E-state index contributed by atoms with van der Waals surface area (Å²) in [7, 11) is -5.30. The van der Waals surface area contributed by atoms with Crippen LogP contribution in [0.15, 0.2) is 47.4 Å². The van der Waals surface area contributed by atoms with Gasteiger partial charge in [0.05, 0.1) is 37.3 Å². The molecule has 0 radical (unpaired) electrons. The smallest absolute Gasteiger partial charge is 0.265 e. The van der Waals surface area contributed by atoms with Crippen LogP contribution in [0.3, 0.4) is 0 Å². The zero-order valence-corrected chi connectivity index (χ0v) is 17.6. The molecule has 156 valence electrons. The number of amides is 1. The van der Waals surface area contributed by atoms with Gasteiger partial charge in [-0.05, 0) is 30.3 Å². The summed E-state index contributed by atoms with van der Waals surface area (Å²) in [5.74, 6) is -1.20. The third-order valence-corrected chi connectivity index (χ3v) is 7.62. The molecule has 0 bridgehead atoms. The standard InChI is InChI=1S/C18H20N2O7S2/c1-12-11-28(22,23)20(18(12)21)14-7-8-16(27-3)17(10-14)29(24,25)19-13-5-4-6-15(9-13)26-2/h4-10,12,19H,11H2,1-3H3/t12-/m1/s1. The van der Waals surface area contributed by atoms with E-state index < -0.39 is 31.9 Å². The lowest BCUT2D eigenvalue weighted by molar-refractivity contribution is -0.119. The first-order chi connectivity index (χ1) is 13.6. The molecular weight excluding hydrogens is 420 g/mol. The number of carbonyl (C=O) groups is 1. The number of sulfonamides is 2. The van der Waals surface area contributed by atoms with Crippen LogP contribution in [0.1, 0.15) is 6.92 Å². The van der Waals surface area contributed by atoms with Crippen LogP contribution in [-0.2, 0) is 24.8 Å². The third kappa shape index (κ3) is 4.01. The number of benzene rings is 2. The van der Waals surface area contributed by atoms with E-state index in [1.54, 1.807) is 12.1 Å². The summed E-state index contributed by atoms with van der Waals surface area (Å²) in [6.45, 7) is 1.51. The van der Waals surface area contributed by atoms with Crippen LogP contribution in [0.25, 0.3) is 0 Å². The molecule has 0 unspecified atom stereocenters. The first-order valence-corrected chi connectivity index (χ1v) is 11.6. The average Bonchev–Trinajstić information content (AvgIpc) is 2.87. The van der Waals surface area contributed by atoms with Gasteiger partial charge in [-0.3, -0.25) is 9.52 Å². The Morgan fingerprint density at radius 1 is 1.10 bits per heavy atom. The molecule has 1 aliphatic heterocycles. The van der Waals surface area contributed by atoms with Crippen LogP contribution in [0.4, 0.5) is 11.4 Å². The van der Waals surface area contributed by atoms with Crippen molar-refractivity contribution >= 4 is 37.3 Å². The summed E-state index contributed by atoms with van der Waals surface area (Å²) in [6, 6.07) is 10.0. The molecule has 9 nitrogen and oxygen atoms in total. The van der Waals surface area contributed by atoms with Gasteiger partial charge in [0.25, 0.3) is 10.0 Å². The zero-order chi connectivity index (χ0) is 21.4. The van der Waals surface area contributed by atoms with Crippen molar-refractivity contribution in [2.24, 2.45) is 5.92 Å². The molecule has 0 spiro atoms. The first-order valence-electron chi connectivity index (χ1n) is 8.51. The van der Waals surface area contributed by atoms with Crippen molar-refractivity contribution in [3.05, 3.63) is 42.5 Å². The van der Waals surface area contributed by atoms with Gasteiger partial charge >= 0.3 is 0 Å². The van der Waals surface area contributed by atoms with Crippen molar-refractivity contribution in [1.29, 1.82) is 0 Å². The molecule has 0 aliphatic carbocycles. The second-order valence-corrected chi connectivity index (χ2v) is 9.97. The minimum atomic E-state index is -4.16. The summed E-state index contributed by atoms with van der Waals surface area (Å²) < 4.78 is 63.9. The Hall–Kier alpha value is -2.79. The SMILES string of the molecule is COc1cccc(NS(=O)(=O)c2cc(N3C(=O)[C@H](C)CS3(=O)=O)ccc2OC)c1. The van der Waals surface area contributed by atoms with E-state index in [1.165, 1.54) is 45.4 Å². The molecule has 0 aromatic heterocycles. The number of ether oxygens (including phenoxy) is 2. The molecule has 1 heterocycles. The number of hydrogen-bond acceptors (Lipinski definition) is 7. The Labute approximate surface area is 169 Å². The summed E-state index contributed by atoms with van der Waals surface area (Å²) in [4.78, 5) is 12.0. The predicted octanol–water partition coefficient (Wildman–Crippen LogP) is 1.82. The molecule has 1 amide bonds. The van der Waals surface area contributed by atoms with Crippen LogP contribution in [0.5, 0.6) is 11.5 Å². The largest absolute Gasteiger partial charge is 0.497 e. The van der Waals surface area contributed by atoms with E-state index in [2.05, 4.69) is 4.72 Å². The maximum Gasteiger partial charge on any atom is 0.265 e. The van der Waals surface area contributed by atoms with Crippen molar-refractivity contribution in [3.8, 4) is 11.5 Å². The Balaban J connectivity index is 2.06. The van der Waals surface area contributed by atoms with Crippen LogP contribution >= 0.6 is 0 Å². The van der Waals surface area contributed by atoms with Crippen molar-refractivity contribution in [3.63, 3.8) is 0 Å². The van der Waals surface area contributed by atoms with Gasteiger partial charge in [-0.15, -0.1) is 0 Å². The molecule has 0 saturated carbocycles. The summed E-state index contributed by atoms with van der Waals surface area (Å²) in [5, 5.41) is 0. The lowest BCUT2D eigenvalue weighted by Gasteiger charge is -2.18. The topological polar surface area (TPSA) is 119 Å². The van der Waals surface area contributed by atoms with Gasteiger partial charge < -0.3 is 9.47 Å². The van der Waals surface area contributed by atoms with Crippen LogP contribution in [0.2, 0.25) is 0 Å². The molecule has 1 aliphatic rings. The summed E-state index contributed by atoms with van der Waals surface area (Å²) in [5.41, 5.74) is 0.182. The van der Waals surface area contributed by atoms with Crippen LogP contribution < -0.4 is 18.5 Å². The molecule has 2 aromatic carbocycles.